The average molecular weight is 302 g/mol. The normalized spacial score (nSPS) is 10.9. The number of anilines is 1. The van der Waals surface area contributed by atoms with Gasteiger partial charge in [0.25, 0.3) is 0 Å². The van der Waals surface area contributed by atoms with Gasteiger partial charge in [0.2, 0.25) is 0 Å². The molecule has 21 heavy (non-hydrogen) atoms. The monoisotopic (exact) mass is 302 g/mol. The molecule has 2 aromatic carbocycles. The number of nitriles is 1. The molecule has 0 aliphatic carbocycles. The minimum Gasteiger partial charge on any atom is -0.495 e. The Morgan fingerprint density at radius 2 is 2.00 bits per heavy atom. The van der Waals surface area contributed by atoms with Gasteiger partial charge in [0, 0.05) is 11.8 Å². The van der Waals surface area contributed by atoms with Gasteiger partial charge in [0.15, 0.2) is 9.84 Å². The second kappa shape index (κ2) is 5.85. The molecule has 0 aliphatic heterocycles. The van der Waals surface area contributed by atoms with Crippen LogP contribution in [0.3, 0.4) is 0 Å². The van der Waals surface area contributed by atoms with Gasteiger partial charge >= 0.3 is 0 Å². The van der Waals surface area contributed by atoms with Crippen molar-refractivity contribution in [2.75, 3.05) is 12.8 Å². The molecule has 2 rings (SSSR count). The standard InChI is InChI=1S/C15H14N2O3S/c1-20-14-8-13(17)5-6-15(14)21(18,19)10-12-4-2-3-11(7-12)9-16/h2-8H,10,17H2,1H3. The quantitative estimate of drug-likeness (QED) is 0.873. The van der Waals surface area contributed by atoms with Crippen molar-refractivity contribution in [1.29, 1.82) is 5.26 Å². The van der Waals surface area contributed by atoms with Crippen LogP contribution in [0.5, 0.6) is 5.75 Å². The van der Waals surface area contributed by atoms with E-state index in [1.165, 1.54) is 25.3 Å². The smallest absolute Gasteiger partial charge is 0.186 e. The largest absolute Gasteiger partial charge is 0.495 e. The average Bonchev–Trinajstić information content (AvgIpc) is 2.46. The van der Waals surface area contributed by atoms with E-state index in [2.05, 4.69) is 0 Å². The van der Waals surface area contributed by atoms with Crippen LogP contribution in [0.15, 0.2) is 47.4 Å². The van der Waals surface area contributed by atoms with Gasteiger partial charge in [-0.3, -0.25) is 0 Å². The number of methoxy groups -OCH3 is 1. The third kappa shape index (κ3) is 3.33. The molecule has 2 aromatic rings. The van der Waals surface area contributed by atoms with Gasteiger partial charge in [-0.25, -0.2) is 8.42 Å². The number of hydrogen-bond acceptors (Lipinski definition) is 5. The predicted molar refractivity (Wildman–Crippen MR) is 79.5 cm³/mol. The molecule has 0 fully saturated rings. The first kappa shape index (κ1) is 14.9. The molecule has 0 saturated heterocycles. The van der Waals surface area contributed by atoms with E-state index in [0.29, 0.717) is 16.8 Å². The molecule has 0 radical (unpaired) electrons. The summed E-state index contributed by atoms with van der Waals surface area (Å²) in [6.45, 7) is 0. The molecular weight excluding hydrogens is 288 g/mol. The minimum absolute atomic E-state index is 0.0848. The third-order valence-corrected chi connectivity index (χ3v) is 4.66. The lowest BCUT2D eigenvalue weighted by atomic mass is 10.2. The van der Waals surface area contributed by atoms with Gasteiger partial charge in [-0.2, -0.15) is 5.26 Å². The molecule has 0 aromatic heterocycles. The summed E-state index contributed by atoms with van der Waals surface area (Å²) in [4.78, 5) is 0.0848. The highest BCUT2D eigenvalue weighted by molar-refractivity contribution is 7.90. The molecule has 0 heterocycles. The van der Waals surface area contributed by atoms with Crippen molar-refractivity contribution in [3.05, 3.63) is 53.6 Å². The van der Waals surface area contributed by atoms with Crippen LogP contribution in [-0.4, -0.2) is 15.5 Å². The van der Waals surface area contributed by atoms with Gasteiger partial charge in [-0.15, -0.1) is 0 Å². The van der Waals surface area contributed by atoms with E-state index >= 15 is 0 Å². The number of nitrogens with two attached hydrogens (primary N) is 1. The molecule has 108 valence electrons. The summed E-state index contributed by atoms with van der Waals surface area (Å²) in [5.41, 5.74) is 7.03. The van der Waals surface area contributed by atoms with Crippen LogP contribution in [0.1, 0.15) is 11.1 Å². The molecule has 0 saturated carbocycles. The Morgan fingerprint density at radius 1 is 1.24 bits per heavy atom. The summed E-state index contributed by atoms with van der Waals surface area (Å²) < 4.78 is 30.1. The maximum atomic E-state index is 12.5. The molecule has 0 aliphatic rings. The zero-order valence-corrected chi connectivity index (χ0v) is 12.2. The van der Waals surface area contributed by atoms with E-state index in [4.69, 9.17) is 15.7 Å². The summed E-state index contributed by atoms with van der Waals surface area (Å²) >= 11 is 0. The fraction of sp³-hybridized carbons (Fsp3) is 0.133. The molecule has 6 heteroatoms. The van der Waals surface area contributed by atoms with Crippen LogP contribution in [0, 0.1) is 11.3 Å². The zero-order chi connectivity index (χ0) is 15.5. The van der Waals surface area contributed by atoms with Crippen LogP contribution >= 0.6 is 0 Å². The summed E-state index contributed by atoms with van der Waals surface area (Å²) in [6.07, 6.45) is 0. The molecule has 2 N–H and O–H groups in total. The molecule has 0 atom stereocenters. The fourth-order valence-corrected chi connectivity index (χ4v) is 3.47. The lowest BCUT2D eigenvalue weighted by Gasteiger charge is -2.10. The molecule has 0 bridgehead atoms. The second-order valence-electron chi connectivity index (χ2n) is 4.48. The van der Waals surface area contributed by atoms with E-state index < -0.39 is 9.84 Å². The lowest BCUT2D eigenvalue weighted by molar-refractivity contribution is 0.403. The molecule has 5 nitrogen and oxygen atoms in total. The number of hydrogen-bond donors (Lipinski definition) is 1. The number of ether oxygens (including phenoxy) is 1. The zero-order valence-electron chi connectivity index (χ0n) is 11.4. The van der Waals surface area contributed by atoms with Crippen LogP contribution in [0.25, 0.3) is 0 Å². The van der Waals surface area contributed by atoms with Crippen LogP contribution in [-0.2, 0) is 15.6 Å². The maximum Gasteiger partial charge on any atom is 0.186 e. The van der Waals surface area contributed by atoms with E-state index in [1.807, 2.05) is 6.07 Å². The second-order valence-corrected chi connectivity index (χ2v) is 6.44. The summed E-state index contributed by atoms with van der Waals surface area (Å²) in [5.74, 6) is 0.00874. The first-order valence-corrected chi connectivity index (χ1v) is 7.77. The van der Waals surface area contributed by atoms with Crippen LogP contribution in [0.2, 0.25) is 0 Å². The Balaban J connectivity index is 2.41. The Bertz CT molecular complexity index is 808. The van der Waals surface area contributed by atoms with Gasteiger partial charge in [-0.1, -0.05) is 12.1 Å². The maximum absolute atomic E-state index is 12.5. The molecular formula is C15H14N2O3S. The van der Waals surface area contributed by atoms with Crippen LogP contribution in [0.4, 0.5) is 5.69 Å². The fourth-order valence-electron chi connectivity index (χ4n) is 1.97. The molecule has 0 amide bonds. The Labute approximate surface area is 123 Å². The number of nitrogen functional groups attached to an aromatic ring is 1. The lowest BCUT2D eigenvalue weighted by Crippen LogP contribution is -2.07. The number of benzene rings is 2. The Kier molecular flexibility index (Phi) is 4.15. The SMILES string of the molecule is COc1cc(N)ccc1S(=O)(=O)Cc1cccc(C#N)c1. The van der Waals surface area contributed by atoms with Gasteiger partial charge < -0.3 is 10.5 Å². The van der Waals surface area contributed by atoms with E-state index in [9.17, 15) is 8.42 Å². The first-order chi connectivity index (χ1) is 9.96. The number of rotatable bonds is 4. The van der Waals surface area contributed by atoms with Crippen molar-refractivity contribution >= 4 is 15.5 Å². The van der Waals surface area contributed by atoms with Gasteiger partial charge in [0.1, 0.15) is 10.6 Å². The number of nitrogens with zero attached hydrogens (tertiary/aromatic N) is 1. The number of sulfone groups is 1. The van der Waals surface area contributed by atoms with E-state index in [1.54, 1.807) is 24.3 Å². The summed E-state index contributed by atoms with van der Waals surface area (Å²) in [7, 11) is -2.19. The first-order valence-electron chi connectivity index (χ1n) is 6.11. The van der Waals surface area contributed by atoms with Crippen molar-refractivity contribution in [3.63, 3.8) is 0 Å². The Hall–Kier alpha value is -2.52. The van der Waals surface area contributed by atoms with Gasteiger partial charge in [-0.05, 0) is 29.8 Å². The van der Waals surface area contributed by atoms with Gasteiger partial charge in [0.05, 0.1) is 24.5 Å². The molecule has 0 spiro atoms. The highest BCUT2D eigenvalue weighted by atomic mass is 32.2. The Morgan fingerprint density at radius 3 is 2.67 bits per heavy atom. The highest BCUT2D eigenvalue weighted by Crippen LogP contribution is 2.28. The molecule has 0 unspecified atom stereocenters. The third-order valence-electron chi connectivity index (χ3n) is 2.94. The summed E-state index contributed by atoms with van der Waals surface area (Å²) in [5, 5.41) is 8.86. The van der Waals surface area contributed by atoms with E-state index in [-0.39, 0.29) is 16.4 Å². The summed E-state index contributed by atoms with van der Waals surface area (Å²) in [6, 6.07) is 12.9. The van der Waals surface area contributed by atoms with Crippen molar-refractivity contribution < 1.29 is 13.2 Å². The predicted octanol–water partition coefficient (Wildman–Crippen LogP) is 2.12. The minimum atomic E-state index is -3.59. The highest BCUT2D eigenvalue weighted by Gasteiger charge is 2.20. The van der Waals surface area contributed by atoms with Crippen LogP contribution < -0.4 is 10.5 Å². The van der Waals surface area contributed by atoms with Crippen molar-refractivity contribution in [3.8, 4) is 11.8 Å². The van der Waals surface area contributed by atoms with Crippen molar-refractivity contribution in [2.45, 2.75) is 10.6 Å². The van der Waals surface area contributed by atoms with E-state index in [0.717, 1.165) is 0 Å². The van der Waals surface area contributed by atoms with Crippen molar-refractivity contribution in [2.24, 2.45) is 0 Å². The van der Waals surface area contributed by atoms with Crippen molar-refractivity contribution in [1.82, 2.24) is 0 Å². The topological polar surface area (TPSA) is 93.2 Å².